The molecule has 30 heavy (non-hydrogen) atoms. The van der Waals surface area contributed by atoms with Gasteiger partial charge in [0.2, 0.25) is 5.91 Å². The average molecular weight is 421 g/mol. The Morgan fingerprint density at radius 3 is 2.63 bits per heavy atom. The zero-order chi connectivity index (χ0) is 20.9. The number of carbonyl (C=O) groups excluding carboxylic acids is 2. The van der Waals surface area contributed by atoms with Crippen LogP contribution < -0.4 is 4.90 Å². The molecule has 2 amide bonds. The number of anilines is 1. The van der Waals surface area contributed by atoms with Crippen molar-refractivity contribution in [3.63, 3.8) is 0 Å². The van der Waals surface area contributed by atoms with Gasteiger partial charge in [-0.1, -0.05) is 60.4 Å². The molecule has 3 aliphatic rings. The van der Waals surface area contributed by atoms with Crippen LogP contribution in [0.3, 0.4) is 0 Å². The first-order chi connectivity index (χ1) is 14.5. The van der Waals surface area contributed by atoms with Gasteiger partial charge in [0.15, 0.2) is 4.87 Å². The maximum Gasteiger partial charge on any atom is 0.268 e. The van der Waals surface area contributed by atoms with Crippen molar-refractivity contribution < 1.29 is 9.59 Å². The van der Waals surface area contributed by atoms with Crippen LogP contribution in [0.15, 0.2) is 42.5 Å². The molecule has 0 bridgehead atoms. The van der Waals surface area contributed by atoms with Gasteiger partial charge in [-0.2, -0.15) is 0 Å². The predicted octanol–water partition coefficient (Wildman–Crippen LogP) is 4.77. The van der Waals surface area contributed by atoms with Crippen molar-refractivity contribution >= 4 is 29.3 Å². The van der Waals surface area contributed by atoms with E-state index in [1.54, 1.807) is 11.8 Å². The summed E-state index contributed by atoms with van der Waals surface area (Å²) in [5.41, 5.74) is 5.37. The van der Waals surface area contributed by atoms with E-state index in [1.165, 1.54) is 5.56 Å². The fourth-order valence-corrected chi connectivity index (χ4v) is 6.75. The van der Waals surface area contributed by atoms with Gasteiger partial charge in [0.1, 0.15) is 0 Å². The Bertz CT molecular complexity index is 1010. The lowest BCUT2D eigenvalue weighted by Gasteiger charge is -2.35. The molecule has 1 spiro atoms. The zero-order valence-electron chi connectivity index (χ0n) is 17.7. The van der Waals surface area contributed by atoms with Gasteiger partial charge in [-0.15, -0.1) is 11.8 Å². The van der Waals surface area contributed by atoms with E-state index in [1.807, 2.05) is 15.9 Å². The summed E-state index contributed by atoms with van der Waals surface area (Å²) >= 11 is 1.64. The Hall–Kier alpha value is -2.27. The molecule has 4 nitrogen and oxygen atoms in total. The molecule has 5 heteroatoms. The fraction of sp³-hybridized carbons (Fsp3) is 0.440. The number of hydrogen-bond acceptors (Lipinski definition) is 3. The molecule has 0 aromatic heterocycles. The van der Waals surface area contributed by atoms with Gasteiger partial charge in [-0.05, 0) is 38.3 Å². The number of aryl methyl sites for hydroxylation is 2. The van der Waals surface area contributed by atoms with Crippen LogP contribution in [0.2, 0.25) is 0 Å². The van der Waals surface area contributed by atoms with Crippen LogP contribution in [0.5, 0.6) is 0 Å². The molecule has 2 aromatic rings. The molecule has 2 aliphatic heterocycles. The summed E-state index contributed by atoms with van der Waals surface area (Å²) < 4.78 is 0. The van der Waals surface area contributed by atoms with Crippen LogP contribution in [0.1, 0.15) is 47.9 Å². The number of hydrogen-bond donors (Lipinski definition) is 0. The third kappa shape index (κ3) is 2.97. The number of thioether (sulfide) groups is 1. The Balaban J connectivity index is 1.57. The predicted molar refractivity (Wildman–Crippen MR) is 121 cm³/mol. The third-order valence-corrected chi connectivity index (χ3v) is 8.16. The van der Waals surface area contributed by atoms with Gasteiger partial charge in [0.05, 0.1) is 12.2 Å². The maximum absolute atomic E-state index is 14.0. The van der Waals surface area contributed by atoms with Crippen molar-refractivity contribution in [1.82, 2.24) is 4.90 Å². The number of carbonyl (C=O) groups is 2. The van der Waals surface area contributed by atoms with Crippen molar-refractivity contribution in [3.05, 3.63) is 64.7 Å². The summed E-state index contributed by atoms with van der Waals surface area (Å²) in [4.78, 5) is 30.5. The van der Waals surface area contributed by atoms with Gasteiger partial charge in [0, 0.05) is 23.8 Å². The average Bonchev–Trinajstić information content (AvgIpc) is 3.45. The molecule has 0 N–H and O–H groups in total. The molecular formula is C25H28N2O2S. The van der Waals surface area contributed by atoms with Crippen LogP contribution in [0.4, 0.5) is 5.69 Å². The first kappa shape index (κ1) is 19.7. The molecule has 5 rings (SSSR count). The van der Waals surface area contributed by atoms with Crippen LogP contribution in [0.25, 0.3) is 0 Å². The van der Waals surface area contributed by atoms with E-state index in [0.29, 0.717) is 13.1 Å². The Kier molecular flexibility index (Phi) is 4.89. The minimum absolute atomic E-state index is 0.0402. The van der Waals surface area contributed by atoms with Gasteiger partial charge in [-0.3, -0.25) is 9.59 Å². The Labute approximate surface area is 182 Å². The summed E-state index contributed by atoms with van der Waals surface area (Å²) in [6.45, 7) is 5.31. The lowest BCUT2D eigenvalue weighted by atomic mass is 10.00. The standard InChI is InChI=1S/C25H28N2O2S/c1-17-6-5-7-19(14-17)16-26-22-11-10-18(2)15-21(22)25(24(26)29)27(12-13-30-25)23(28)20-8-3-4-9-20/h5-7,10-11,14-15,20H,3-4,8-9,12-13,16H2,1-2H3. The monoisotopic (exact) mass is 420 g/mol. The summed E-state index contributed by atoms with van der Waals surface area (Å²) in [5.74, 6) is 1.09. The van der Waals surface area contributed by atoms with Gasteiger partial charge in [-0.25, -0.2) is 0 Å². The molecule has 156 valence electrons. The van der Waals surface area contributed by atoms with Crippen molar-refractivity contribution in [3.8, 4) is 0 Å². The molecule has 1 saturated heterocycles. The summed E-state index contributed by atoms with van der Waals surface area (Å²) in [7, 11) is 0. The highest BCUT2D eigenvalue weighted by Crippen LogP contribution is 2.55. The molecule has 1 saturated carbocycles. The molecule has 1 unspecified atom stereocenters. The molecule has 1 atom stereocenters. The summed E-state index contributed by atoms with van der Waals surface area (Å²) in [6, 6.07) is 14.6. The van der Waals surface area contributed by atoms with E-state index < -0.39 is 4.87 Å². The number of amides is 2. The van der Waals surface area contributed by atoms with Gasteiger partial charge < -0.3 is 9.80 Å². The Morgan fingerprint density at radius 1 is 1.10 bits per heavy atom. The third-order valence-electron chi connectivity index (χ3n) is 6.74. The Morgan fingerprint density at radius 2 is 1.87 bits per heavy atom. The minimum atomic E-state index is -0.898. The molecule has 0 radical (unpaired) electrons. The highest BCUT2D eigenvalue weighted by Gasteiger charge is 2.59. The first-order valence-electron chi connectivity index (χ1n) is 10.9. The quantitative estimate of drug-likeness (QED) is 0.718. The lowest BCUT2D eigenvalue weighted by molar-refractivity contribution is -0.143. The number of benzene rings is 2. The van der Waals surface area contributed by atoms with E-state index in [0.717, 1.165) is 53.8 Å². The van der Waals surface area contributed by atoms with Crippen molar-refractivity contribution in [2.75, 3.05) is 17.2 Å². The number of rotatable bonds is 3. The molecule has 2 fully saturated rings. The van der Waals surface area contributed by atoms with Crippen LogP contribution in [0, 0.1) is 19.8 Å². The number of nitrogens with zero attached hydrogens (tertiary/aromatic N) is 2. The second-order valence-corrected chi connectivity index (χ2v) is 10.2. The second-order valence-electron chi connectivity index (χ2n) is 8.86. The van der Waals surface area contributed by atoms with Gasteiger partial charge >= 0.3 is 0 Å². The van der Waals surface area contributed by atoms with E-state index in [-0.39, 0.29) is 17.7 Å². The van der Waals surface area contributed by atoms with E-state index >= 15 is 0 Å². The van der Waals surface area contributed by atoms with Crippen molar-refractivity contribution in [2.24, 2.45) is 5.92 Å². The van der Waals surface area contributed by atoms with E-state index in [9.17, 15) is 9.59 Å². The molecule has 1 aliphatic carbocycles. The fourth-order valence-electron chi connectivity index (χ4n) is 5.29. The normalized spacial score (nSPS) is 23.6. The van der Waals surface area contributed by atoms with Crippen LogP contribution >= 0.6 is 11.8 Å². The summed E-state index contributed by atoms with van der Waals surface area (Å²) in [6.07, 6.45) is 4.15. The topological polar surface area (TPSA) is 40.6 Å². The number of fused-ring (bicyclic) bond motifs is 2. The SMILES string of the molecule is Cc1cccc(CN2C(=O)C3(SCCN3C(=O)C3CCCC3)c3cc(C)ccc32)c1. The molecule has 2 aromatic carbocycles. The first-order valence-corrected chi connectivity index (χ1v) is 11.9. The van der Waals surface area contributed by atoms with Gasteiger partial charge in [0.25, 0.3) is 5.91 Å². The maximum atomic E-state index is 14.0. The van der Waals surface area contributed by atoms with Crippen LogP contribution in [-0.4, -0.2) is 29.0 Å². The second kappa shape index (κ2) is 7.45. The van der Waals surface area contributed by atoms with E-state index in [4.69, 9.17) is 0 Å². The van der Waals surface area contributed by atoms with Crippen LogP contribution in [-0.2, 0) is 21.0 Å². The van der Waals surface area contributed by atoms with Crippen molar-refractivity contribution in [2.45, 2.75) is 50.9 Å². The lowest BCUT2D eigenvalue weighted by Crippen LogP contribution is -2.51. The highest BCUT2D eigenvalue weighted by molar-refractivity contribution is 8.01. The highest BCUT2D eigenvalue weighted by atomic mass is 32.2. The molecule has 2 heterocycles. The minimum Gasteiger partial charge on any atom is -0.315 e. The van der Waals surface area contributed by atoms with Crippen molar-refractivity contribution in [1.29, 1.82) is 0 Å². The smallest absolute Gasteiger partial charge is 0.268 e. The zero-order valence-corrected chi connectivity index (χ0v) is 18.5. The molecular weight excluding hydrogens is 392 g/mol. The van der Waals surface area contributed by atoms with E-state index in [2.05, 4.69) is 50.2 Å². The summed E-state index contributed by atoms with van der Waals surface area (Å²) in [5, 5.41) is 0. The largest absolute Gasteiger partial charge is 0.315 e.